The van der Waals surface area contributed by atoms with E-state index in [1.165, 1.54) is 0 Å². The van der Waals surface area contributed by atoms with Crippen molar-refractivity contribution < 1.29 is 62.7 Å². The smallest absolute Gasteiger partial charge is 0.326 e. The highest BCUT2D eigenvalue weighted by atomic mass is 16.5. The minimum Gasteiger partial charge on any atom is -0.480 e. The SMILES string of the molecule is CCC(=O)NCCCCC(NC(=O)COCCOCCNC(=O)COCCOCCNC(=O)CCC(NC(=O)C1CCC(CC)CC1)C(=O)O)C(=O)O. The molecule has 0 spiro atoms. The monoisotopic (exact) mass is 759 g/mol. The van der Waals surface area contributed by atoms with Crippen molar-refractivity contribution in [2.75, 3.05) is 72.5 Å². The van der Waals surface area contributed by atoms with Gasteiger partial charge in [0.1, 0.15) is 25.3 Å². The normalized spacial score (nSPS) is 16.5. The molecule has 0 aromatic rings. The Balaban J connectivity index is 1.99. The summed E-state index contributed by atoms with van der Waals surface area (Å²) in [6.45, 7) is 5.20. The predicted octanol–water partition coefficient (Wildman–Crippen LogP) is 0.117. The molecule has 304 valence electrons. The number of carbonyl (C=O) groups is 7. The fraction of sp³-hybridized carbons (Fsp3) is 0.800. The Morgan fingerprint density at radius 1 is 0.585 bits per heavy atom. The number of hydrogen-bond donors (Lipinski definition) is 7. The Morgan fingerprint density at radius 3 is 1.68 bits per heavy atom. The molecule has 1 aliphatic carbocycles. The van der Waals surface area contributed by atoms with Crippen LogP contribution < -0.4 is 26.6 Å². The van der Waals surface area contributed by atoms with E-state index in [0.29, 0.717) is 31.7 Å². The molecule has 18 heteroatoms. The molecule has 1 aliphatic rings. The highest BCUT2D eigenvalue weighted by Gasteiger charge is 2.29. The second-order valence-electron chi connectivity index (χ2n) is 12.8. The van der Waals surface area contributed by atoms with Gasteiger partial charge in [0.15, 0.2) is 0 Å². The summed E-state index contributed by atoms with van der Waals surface area (Å²) in [5, 5.41) is 31.8. The number of ether oxygens (including phenoxy) is 4. The van der Waals surface area contributed by atoms with E-state index in [1.807, 2.05) is 0 Å². The predicted molar refractivity (Wildman–Crippen MR) is 191 cm³/mol. The summed E-state index contributed by atoms with van der Waals surface area (Å²) in [7, 11) is 0. The highest BCUT2D eigenvalue weighted by Crippen LogP contribution is 2.30. The van der Waals surface area contributed by atoms with Crippen LogP contribution >= 0.6 is 0 Å². The summed E-state index contributed by atoms with van der Waals surface area (Å²) in [6.07, 6.45) is 6.16. The molecule has 0 heterocycles. The van der Waals surface area contributed by atoms with Gasteiger partial charge in [-0.25, -0.2) is 9.59 Å². The summed E-state index contributed by atoms with van der Waals surface area (Å²) in [5.74, 6) is -3.49. The fourth-order valence-electron chi connectivity index (χ4n) is 5.41. The summed E-state index contributed by atoms with van der Waals surface area (Å²) >= 11 is 0. The van der Waals surface area contributed by atoms with Crippen molar-refractivity contribution >= 4 is 41.5 Å². The molecular weight excluding hydrogens is 698 g/mol. The molecule has 0 radical (unpaired) electrons. The maximum atomic E-state index is 12.5. The number of nitrogens with one attached hydrogen (secondary N) is 5. The molecule has 5 amide bonds. The van der Waals surface area contributed by atoms with E-state index in [1.54, 1.807) is 6.92 Å². The Morgan fingerprint density at radius 2 is 1.11 bits per heavy atom. The number of carboxylic acids is 2. The standard InChI is InChI=1S/C35H61N5O13/c1-3-25-8-10-26(11-9-25)33(45)40-28(35(48)49)12-13-30(42)37-15-17-50-19-21-52-23-31(43)38-16-18-51-20-22-53-24-32(44)39-27(34(46)47)7-5-6-14-36-29(41)4-2/h25-28H,3-24H2,1-2H3,(H,36,41)(H,37,42)(H,38,43)(H,39,44)(H,40,45)(H,46,47)(H,48,49). The van der Waals surface area contributed by atoms with Crippen LogP contribution in [-0.2, 0) is 52.5 Å². The van der Waals surface area contributed by atoms with E-state index < -0.39 is 29.9 Å². The first-order valence-corrected chi connectivity index (χ1v) is 18.6. The first kappa shape index (κ1) is 47.2. The molecule has 53 heavy (non-hydrogen) atoms. The Labute approximate surface area is 311 Å². The first-order chi connectivity index (χ1) is 25.5. The van der Waals surface area contributed by atoms with Crippen LogP contribution in [-0.4, -0.2) is 136 Å². The van der Waals surface area contributed by atoms with Crippen molar-refractivity contribution in [3.8, 4) is 0 Å². The zero-order chi connectivity index (χ0) is 39.3. The summed E-state index contributed by atoms with van der Waals surface area (Å²) in [5.41, 5.74) is 0. The molecule has 2 atom stereocenters. The van der Waals surface area contributed by atoms with Crippen molar-refractivity contribution in [3.05, 3.63) is 0 Å². The maximum Gasteiger partial charge on any atom is 0.326 e. The van der Waals surface area contributed by atoms with Crippen LogP contribution in [0.5, 0.6) is 0 Å². The average Bonchev–Trinajstić information content (AvgIpc) is 3.14. The number of hydrogen-bond acceptors (Lipinski definition) is 11. The van der Waals surface area contributed by atoms with Crippen LogP contribution in [0.25, 0.3) is 0 Å². The lowest BCUT2D eigenvalue weighted by molar-refractivity contribution is -0.143. The van der Waals surface area contributed by atoms with Crippen molar-refractivity contribution in [3.63, 3.8) is 0 Å². The average molecular weight is 760 g/mol. The molecule has 1 fully saturated rings. The molecule has 1 saturated carbocycles. The van der Waals surface area contributed by atoms with Gasteiger partial charge in [-0.1, -0.05) is 20.3 Å². The molecule has 2 unspecified atom stereocenters. The van der Waals surface area contributed by atoms with E-state index in [4.69, 9.17) is 18.9 Å². The molecule has 7 N–H and O–H groups in total. The van der Waals surface area contributed by atoms with Gasteiger partial charge in [-0.2, -0.15) is 0 Å². The van der Waals surface area contributed by atoms with Crippen molar-refractivity contribution in [2.45, 2.75) is 96.6 Å². The molecule has 0 saturated heterocycles. The molecular formula is C35H61N5O13. The number of amides is 5. The highest BCUT2D eigenvalue weighted by molar-refractivity contribution is 5.86. The lowest BCUT2D eigenvalue weighted by Crippen LogP contribution is -2.45. The van der Waals surface area contributed by atoms with Crippen molar-refractivity contribution in [1.29, 1.82) is 0 Å². The maximum absolute atomic E-state index is 12.5. The number of aliphatic carboxylic acids is 2. The molecule has 0 aromatic heterocycles. The molecule has 0 aliphatic heterocycles. The van der Waals surface area contributed by atoms with E-state index in [-0.39, 0.29) is 115 Å². The van der Waals surface area contributed by atoms with E-state index in [0.717, 1.165) is 32.1 Å². The van der Waals surface area contributed by atoms with Crippen molar-refractivity contribution in [1.82, 2.24) is 26.6 Å². The van der Waals surface area contributed by atoms with Gasteiger partial charge in [0, 0.05) is 38.4 Å². The molecule has 0 bridgehead atoms. The van der Waals surface area contributed by atoms with Gasteiger partial charge in [-0.3, -0.25) is 24.0 Å². The number of unbranched alkanes of at least 4 members (excludes halogenated alkanes) is 1. The lowest BCUT2D eigenvalue weighted by atomic mass is 9.80. The minimum atomic E-state index is -1.17. The van der Waals surface area contributed by atoms with Gasteiger partial charge < -0.3 is 55.7 Å². The Hall–Kier alpha value is -3.87. The first-order valence-electron chi connectivity index (χ1n) is 18.6. The van der Waals surface area contributed by atoms with Crippen LogP contribution in [0.2, 0.25) is 0 Å². The summed E-state index contributed by atoms with van der Waals surface area (Å²) < 4.78 is 21.2. The Kier molecular flexibility index (Phi) is 26.3. The van der Waals surface area contributed by atoms with Gasteiger partial charge >= 0.3 is 11.9 Å². The second kappa shape index (κ2) is 29.6. The second-order valence-corrected chi connectivity index (χ2v) is 12.8. The van der Waals surface area contributed by atoms with Gasteiger partial charge in [0.05, 0.1) is 39.6 Å². The zero-order valence-corrected chi connectivity index (χ0v) is 31.3. The lowest BCUT2D eigenvalue weighted by Gasteiger charge is -2.28. The van der Waals surface area contributed by atoms with Gasteiger partial charge in [-0.15, -0.1) is 0 Å². The summed E-state index contributed by atoms with van der Waals surface area (Å²) in [6, 6.07) is -2.18. The van der Waals surface area contributed by atoms with Crippen LogP contribution in [0, 0.1) is 11.8 Å². The topological polar surface area (TPSA) is 257 Å². The number of carbonyl (C=O) groups excluding carboxylic acids is 5. The number of rotatable bonds is 31. The van der Waals surface area contributed by atoms with E-state index >= 15 is 0 Å². The van der Waals surface area contributed by atoms with Crippen LogP contribution in [0.15, 0.2) is 0 Å². The van der Waals surface area contributed by atoms with Crippen LogP contribution in [0.1, 0.15) is 84.5 Å². The van der Waals surface area contributed by atoms with Crippen LogP contribution in [0.3, 0.4) is 0 Å². The number of carboxylic acid groups (broad SMARTS) is 2. The third kappa shape index (κ3) is 24.1. The third-order valence-electron chi connectivity index (χ3n) is 8.61. The van der Waals surface area contributed by atoms with Crippen LogP contribution in [0.4, 0.5) is 0 Å². The van der Waals surface area contributed by atoms with Crippen molar-refractivity contribution in [2.24, 2.45) is 11.8 Å². The quantitative estimate of drug-likeness (QED) is 0.0464. The molecule has 0 aromatic carbocycles. The minimum absolute atomic E-state index is 0.0156. The van der Waals surface area contributed by atoms with Gasteiger partial charge in [0.2, 0.25) is 29.5 Å². The van der Waals surface area contributed by atoms with E-state index in [9.17, 15) is 43.8 Å². The Bertz CT molecular complexity index is 1120. The van der Waals surface area contributed by atoms with Gasteiger partial charge in [0.25, 0.3) is 0 Å². The van der Waals surface area contributed by atoms with E-state index in [2.05, 4.69) is 33.5 Å². The fourth-order valence-corrected chi connectivity index (χ4v) is 5.41. The van der Waals surface area contributed by atoms with Gasteiger partial charge in [-0.05, 0) is 57.3 Å². The molecule has 18 nitrogen and oxygen atoms in total. The third-order valence-corrected chi connectivity index (χ3v) is 8.61. The zero-order valence-electron chi connectivity index (χ0n) is 31.3. The largest absolute Gasteiger partial charge is 0.480 e. The summed E-state index contributed by atoms with van der Waals surface area (Å²) in [4.78, 5) is 82.8. The molecule has 1 rings (SSSR count).